The van der Waals surface area contributed by atoms with Crippen LogP contribution in [0.5, 0.6) is 0 Å². The van der Waals surface area contributed by atoms with Gasteiger partial charge in [-0.15, -0.1) is 23.1 Å². The first-order chi connectivity index (χ1) is 12.1. The number of anilines is 1. The molecule has 0 fully saturated rings. The van der Waals surface area contributed by atoms with E-state index in [1.165, 1.54) is 28.0 Å². The number of rotatable bonds is 3. The Kier molecular flexibility index (Phi) is 4.15. The number of thioether (sulfide) groups is 1. The van der Waals surface area contributed by atoms with E-state index in [1.807, 2.05) is 12.1 Å². The molecule has 1 amide bonds. The van der Waals surface area contributed by atoms with E-state index < -0.39 is 0 Å². The number of benzene rings is 2. The summed E-state index contributed by atoms with van der Waals surface area (Å²) in [5, 5.41) is 3.47. The van der Waals surface area contributed by atoms with Gasteiger partial charge in [0, 0.05) is 32.2 Å². The molecule has 0 unspecified atom stereocenters. The molecular weight excluding hydrogens is 352 g/mol. The van der Waals surface area contributed by atoms with Gasteiger partial charge in [0.05, 0.1) is 5.69 Å². The zero-order valence-corrected chi connectivity index (χ0v) is 15.0. The number of nitrogens with zero attached hydrogens (tertiary/aromatic N) is 1. The highest BCUT2D eigenvalue weighted by Gasteiger charge is 2.21. The second-order valence-corrected chi connectivity index (χ2v) is 7.76. The molecule has 1 aliphatic rings. The zero-order chi connectivity index (χ0) is 17.4. The maximum atomic E-state index is 12.4. The second kappa shape index (κ2) is 6.46. The van der Waals surface area contributed by atoms with E-state index in [1.54, 1.807) is 36.0 Å². The molecule has 0 atom stereocenters. The van der Waals surface area contributed by atoms with Crippen molar-refractivity contribution < 1.29 is 9.59 Å². The smallest absolute Gasteiger partial charge is 0.257 e. The molecule has 4 rings (SSSR count). The van der Waals surface area contributed by atoms with Crippen molar-refractivity contribution in [3.63, 3.8) is 0 Å². The first-order valence-corrected chi connectivity index (χ1v) is 9.56. The summed E-state index contributed by atoms with van der Waals surface area (Å²) in [4.78, 5) is 30.8. The maximum absolute atomic E-state index is 12.4. The van der Waals surface area contributed by atoms with Gasteiger partial charge in [0.15, 0.2) is 10.9 Å². The molecule has 6 heteroatoms. The Hall–Kier alpha value is -2.44. The van der Waals surface area contributed by atoms with Gasteiger partial charge >= 0.3 is 0 Å². The Morgan fingerprint density at radius 3 is 2.52 bits per heavy atom. The molecule has 0 saturated carbocycles. The van der Waals surface area contributed by atoms with E-state index >= 15 is 0 Å². The number of nitrogens with one attached hydrogen (secondary N) is 1. The van der Waals surface area contributed by atoms with Crippen LogP contribution in [-0.2, 0) is 5.75 Å². The van der Waals surface area contributed by atoms with Gasteiger partial charge in [0.1, 0.15) is 0 Å². The number of amides is 1. The molecule has 0 saturated heterocycles. The number of thiazole rings is 1. The fraction of sp³-hybridized carbons (Fsp3) is 0.105. The lowest BCUT2D eigenvalue weighted by atomic mass is 10.1. The third-order valence-corrected chi connectivity index (χ3v) is 6.23. The van der Waals surface area contributed by atoms with Gasteiger partial charge in [0.2, 0.25) is 0 Å². The van der Waals surface area contributed by atoms with Gasteiger partial charge in [-0.3, -0.25) is 14.9 Å². The number of hydrogen-bond donors (Lipinski definition) is 1. The van der Waals surface area contributed by atoms with Crippen LogP contribution in [0.25, 0.3) is 11.3 Å². The molecule has 25 heavy (non-hydrogen) atoms. The first-order valence-electron chi connectivity index (χ1n) is 7.76. The first kappa shape index (κ1) is 16.1. The SMILES string of the molecule is CC(=O)c1ccc(C(=O)Nc2nc3c(s2)CSc2ccccc2-3)cc1. The number of Topliss-reactive ketones (excluding diaryl/α,β-unsaturated/α-hetero) is 1. The summed E-state index contributed by atoms with van der Waals surface area (Å²) in [6.07, 6.45) is 0. The van der Waals surface area contributed by atoms with Crippen LogP contribution in [0.1, 0.15) is 32.5 Å². The van der Waals surface area contributed by atoms with E-state index in [9.17, 15) is 9.59 Å². The van der Waals surface area contributed by atoms with E-state index in [0.29, 0.717) is 16.3 Å². The number of carbonyl (C=O) groups is 2. The largest absolute Gasteiger partial charge is 0.298 e. The summed E-state index contributed by atoms with van der Waals surface area (Å²) in [6, 6.07) is 14.8. The average molecular weight is 366 g/mol. The van der Waals surface area contributed by atoms with Gasteiger partial charge in [-0.05, 0) is 25.1 Å². The molecule has 1 aromatic heterocycles. The monoisotopic (exact) mass is 366 g/mol. The Morgan fingerprint density at radius 1 is 1.04 bits per heavy atom. The molecule has 2 heterocycles. The highest BCUT2D eigenvalue weighted by Crippen LogP contribution is 2.44. The van der Waals surface area contributed by atoms with Gasteiger partial charge in [-0.2, -0.15) is 0 Å². The van der Waals surface area contributed by atoms with Gasteiger partial charge in [-0.1, -0.05) is 30.3 Å². The topological polar surface area (TPSA) is 59.1 Å². The van der Waals surface area contributed by atoms with Crippen molar-refractivity contribution in [2.75, 3.05) is 5.32 Å². The predicted octanol–water partition coefficient (Wildman–Crippen LogP) is 4.87. The third-order valence-electron chi connectivity index (χ3n) is 3.97. The molecule has 1 N–H and O–H groups in total. The summed E-state index contributed by atoms with van der Waals surface area (Å²) in [7, 11) is 0. The summed E-state index contributed by atoms with van der Waals surface area (Å²) in [6.45, 7) is 1.50. The minimum Gasteiger partial charge on any atom is -0.298 e. The summed E-state index contributed by atoms with van der Waals surface area (Å²) in [5.41, 5.74) is 3.18. The van der Waals surface area contributed by atoms with Crippen LogP contribution in [0.15, 0.2) is 53.4 Å². The van der Waals surface area contributed by atoms with Crippen LogP contribution in [0, 0.1) is 0 Å². The second-order valence-electron chi connectivity index (χ2n) is 5.66. The predicted molar refractivity (Wildman–Crippen MR) is 102 cm³/mol. The maximum Gasteiger partial charge on any atom is 0.257 e. The van der Waals surface area contributed by atoms with Crippen LogP contribution in [-0.4, -0.2) is 16.7 Å². The fourth-order valence-corrected chi connectivity index (χ4v) is 4.77. The van der Waals surface area contributed by atoms with Crippen LogP contribution in [0.2, 0.25) is 0 Å². The minimum atomic E-state index is -0.220. The highest BCUT2D eigenvalue weighted by atomic mass is 32.2. The molecule has 3 aromatic rings. The molecule has 4 nitrogen and oxygen atoms in total. The molecule has 0 spiro atoms. The van der Waals surface area contributed by atoms with Crippen molar-refractivity contribution in [3.8, 4) is 11.3 Å². The van der Waals surface area contributed by atoms with Crippen molar-refractivity contribution in [1.82, 2.24) is 4.98 Å². The Balaban J connectivity index is 1.57. The Morgan fingerprint density at radius 2 is 1.76 bits per heavy atom. The van der Waals surface area contributed by atoms with Gasteiger partial charge in [-0.25, -0.2) is 4.98 Å². The molecule has 0 aliphatic carbocycles. The molecule has 1 aliphatic heterocycles. The molecule has 0 bridgehead atoms. The van der Waals surface area contributed by atoms with Crippen molar-refractivity contribution in [1.29, 1.82) is 0 Å². The van der Waals surface area contributed by atoms with Crippen LogP contribution in [0.4, 0.5) is 5.13 Å². The molecule has 2 aromatic carbocycles. The number of fused-ring (bicyclic) bond motifs is 3. The van der Waals surface area contributed by atoms with E-state index in [-0.39, 0.29) is 11.7 Å². The quantitative estimate of drug-likeness (QED) is 0.672. The zero-order valence-electron chi connectivity index (χ0n) is 13.4. The lowest BCUT2D eigenvalue weighted by Gasteiger charge is -2.13. The lowest BCUT2D eigenvalue weighted by molar-refractivity contribution is 0.100. The number of aromatic nitrogens is 1. The van der Waals surface area contributed by atoms with Gasteiger partial charge < -0.3 is 0 Å². The third kappa shape index (κ3) is 3.10. The normalized spacial score (nSPS) is 12.2. The highest BCUT2D eigenvalue weighted by molar-refractivity contribution is 7.98. The number of carbonyl (C=O) groups excluding carboxylic acids is 2. The summed E-state index contributed by atoms with van der Waals surface area (Å²) >= 11 is 3.30. The molecular formula is C19H14N2O2S2. The van der Waals surface area contributed by atoms with Crippen molar-refractivity contribution in [3.05, 3.63) is 64.5 Å². The van der Waals surface area contributed by atoms with E-state index in [2.05, 4.69) is 22.4 Å². The van der Waals surface area contributed by atoms with Crippen LogP contribution in [0.3, 0.4) is 0 Å². The summed E-state index contributed by atoms with van der Waals surface area (Å²) < 4.78 is 0. The fourth-order valence-electron chi connectivity index (χ4n) is 2.67. The number of ketones is 1. The van der Waals surface area contributed by atoms with Crippen molar-refractivity contribution >= 4 is 39.9 Å². The Labute approximate surface area is 153 Å². The van der Waals surface area contributed by atoms with Gasteiger partial charge in [0.25, 0.3) is 5.91 Å². The standard InChI is InChI=1S/C19H14N2O2S2/c1-11(22)12-6-8-13(9-7-12)18(23)21-19-20-17-14-4-2-3-5-15(14)24-10-16(17)25-19/h2-9H,10H2,1H3,(H,20,21,23). The Bertz CT molecular complexity index is 977. The summed E-state index contributed by atoms with van der Waals surface area (Å²) in [5.74, 6) is 0.630. The van der Waals surface area contributed by atoms with E-state index in [0.717, 1.165) is 17.0 Å². The van der Waals surface area contributed by atoms with Crippen LogP contribution >= 0.6 is 23.1 Å². The van der Waals surface area contributed by atoms with Crippen molar-refractivity contribution in [2.24, 2.45) is 0 Å². The average Bonchev–Trinajstić information content (AvgIpc) is 3.04. The van der Waals surface area contributed by atoms with Crippen molar-refractivity contribution in [2.45, 2.75) is 17.6 Å². The number of hydrogen-bond acceptors (Lipinski definition) is 5. The minimum absolute atomic E-state index is 0.0178. The lowest BCUT2D eigenvalue weighted by Crippen LogP contribution is -2.11. The van der Waals surface area contributed by atoms with E-state index in [4.69, 9.17) is 0 Å². The van der Waals surface area contributed by atoms with Crippen LogP contribution < -0.4 is 5.32 Å². The molecule has 0 radical (unpaired) electrons. The molecule has 124 valence electrons.